The Bertz CT molecular complexity index is 715. The smallest absolute Gasteiger partial charge is 0.255 e. The molecule has 4 nitrogen and oxygen atoms in total. The number of benzene rings is 2. The molecule has 0 fully saturated rings. The fraction of sp³-hybridized carbons (Fsp3) is 0.0625. The highest BCUT2D eigenvalue weighted by atomic mass is 19.1. The summed E-state index contributed by atoms with van der Waals surface area (Å²) in [6.07, 6.45) is 0. The lowest BCUT2D eigenvalue weighted by Crippen LogP contribution is -2.12. The average Bonchev–Trinajstić information content (AvgIpc) is 2.48. The summed E-state index contributed by atoms with van der Waals surface area (Å²) in [5.41, 5.74) is 6.42. The van der Waals surface area contributed by atoms with Crippen LogP contribution in [0.3, 0.4) is 0 Å². The van der Waals surface area contributed by atoms with Crippen LogP contribution in [-0.4, -0.2) is 17.6 Å². The number of phenols is 1. The van der Waals surface area contributed by atoms with Gasteiger partial charge in [-0.2, -0.15) is 0 Å². The van der Waals surface area contributed by atoms with E-state index in [9.17, 15) is 14.3 Å². The molecule has 0 heterocycles. The van der Waals surface area contributed by atoms with Crippen LogP contribution in [0.5, 0.6) is 5.75 Å². The van der Waals surface area contributed by atoms with Gasteiger partial charge in [0.1, 0.15) is 11.6 Å². The molecule has 0 atom stereocenters. The van der Waals surface area contributed by atoms with Gasteiger partial charge < -0.3 is 16.2 Å². The van der Waals surface area contributed by atoms with E-state index in [1.54, 1.807) is 0 Å². The average molecular weight is 284 g/mol. The Morgan fingerprint density at radius 2 is 1.95 bits per heavy atom. The maximum absolute atomic E-state index is 13.2. The minimum absolute atomic E-state index is 0.0721. The maximum Gasteiger partial charge on any atom is 0.255 e. The standard InChI is InChI=1S/C16H13FN2O2/c17-13-5-8-15(12(10-13)2-1-9-18)19-16(21)11-3-6-14(20)7-4-11/h3-8,10,20H,9,18H2,(H,19,21). The number of rotatable bonds is 2. The molecule has 2 rings (SSSR count). The Kier molecular flexibility index (Phi) is 4.54. The summed E-state index contributed by atoms with van der Waals surface area (Å²) in [5.74, 6) is 4.58. The molecule has 0 aliphatic rings. The van der Waals surface area contributed by atoms with Gasteiger partial charge >= 0.3 is 0 Å². The van der Waals surface area contributed by atoms with Crippen LogP contribution >= 0.6 is 0 Å². The SMILES string of the molecule is NCC#Cc1cc(F)ccc1NC(=O)c1ccc(O)cc1. The monoisotopic (exact) mass is 284 g/mol. The van der Waals surface area contributed by atoms with Crippen LogP contribution in [0.25, 0.3) is 0 Å². The second kappa shape index (κ2) is 6.55. The first-order chi connectivity index (χ1) is 10.1. The summed E-state index contributed by atoms with van der Waals surface area (Å²) in [7, 11) is 0. The fourth-order valence-corrected chi connectivity index (χ4v) is 1.68. The van der Waals surface area contributed by atoms with Crippen molar-refractivity contribution >= 4 is 11.6 Å². The van der Waals surface area contributed by atoms with Gasteiger partial charge in [0.05, 0.1) is 17.8 Å². The molecule has 0 aromatic heterocycles. The van der Waals surface area contributed by atoms with Crippen LogP contribution < -0.4 is 11.1 Å². The summed E-state index contributed by atoms with van der Waals surface area (Å²) in [4.78, 5) is 12.1. The van der Waals surface area contributed by atoms with Gasteiger partial charge in [-0.1, -0.05) is 11.8 Å². The third kappa shape index (κ3) is 3.81. The molecule has 0 saturated carbocycles. The number of nitrogens with one attached hydrogen (secondary N) is 1. The Morgan fingerprint density at radius 1 is 1.24 bits per heavy atom. The number of nitrogens with two attached hydrogens (primary N) is 1. The van der Waals surface area contributed by atoms with E-state index in [-0.39, 0.29) is 18.2 Å². The molecular weight excluding hydrogens is 271 g/mol. The highest BCUT2D eigenvalue weighted by Crippen LogP contribution is 2.18. The Hall–Kier alpha value is -2.84. The van der Waals surface area contributed by atoms with Crippen molar-refractivity contribution < 1.29 is 14.3 Å². The number of hydrogen-bond acceptors (Lipinski definition) is 3. The largest absolute Gasteiger partial charge is 0.508 e. The molecule has 4 N–H and O–H groups in total. The van der Waals surface area contributed by atoms with Gasteiger partial charge in [0.15, 0.2) is 0 Å². The van der Waals surface area contributed by atoms with E-state index in [4.69, 9.17) is 5.73 Å². The molecule has 0 bridgehead atoms. The number of aromatic hydroxyl groups is 1. The number of anilines is 1. The zero-order valence-electron chi connectivity index (χ0n) is 11.1. The van der Waals surface area contributed by atoms with Crippen molar-refractivity contribution in [1.29, 1.82) is 0 Å². The quantitative estimate of drug-likeness (QED) is 0.739. The highest BCUT2D eigenvalue weighted by molar-refractivity contribution is 6.05. The summed E-state index contributed by atoms with van der Waals surface area (Å²) in [6, 6.07) is 9.70. The van der Waals surface area contributed by atoms with Crippen LogP contribution in [0.1, 0.15) is 15.9 Å². The summed E-state index contributed by atoms with van der Waals surface area (Å²) in [6.45, 7) is 0.141. The first-order valence-electron chi connectivity index (χ1n) is 6.19. The third-order valence-corrected chi connectivity index (χ3v) is 2.68. The lowest BCUT2D eigenvalue weighted by molar-refractivity contribution is 0.102. The van der Waals surface area contributed by atoms with E-state index in [0.717, 1.165) is 0 Å². The first kappa shape index (κ1) is 14.6. The molecule has 0 saturated heterocycles. The van der Waals surface area contributed by atoms with Gasteiger partial charge in [-0.25, -0.2) is 4.39 Å². The van der Waals surface area contributed by atoms with Crippen molar-refractivity contribution in [3.8, 4) is 17.6 Å². The number of phenolic OH excluding ortho intramolecular Hbond substituents is 1. The second-order valence-electron chi connectivity index (χ2n) is 4.20. The molecule has 21 heavy (non-hydrogen) atoms. The molecule has 1 amide bonds. The molecule has 106 valence electrons. The molecule has 0 radical (unpaired) electrons. The van der Waals surface area contributed by atoms with Crippen LogP contribution in [0.2, 0.25) is 0 Å². The molecule has 0 aliphatic heterocycles. The molecule has 0 unspecified atom stereocenters. The predicted octanol–water partition coefficient (Wildman–Crippen LogP) is 2.09. The van der Waals surface area contributed by atoms with Crippen molar-refractivity contribution in [3.05, 3.63) is 59.4 Å². The van der Waals surface area contributed by atoms with Crippen molar-refractivity contribution in [2.45, 2.75) is 0 Å². The summed E-state index contributed by atoms with van der Waals surface area (Å²) >= 11 is 0. The molecule has 2 aromatic carbocycles. The van der Waals surface area contributed by atoms with Crippen LogP contribution in [0, 0.1) is 17.7 Å². The third-order valence-electron chi connectivity index (χ3n) is 2.68. The first-order valence-corrected chi connectivity index (χ1v) is 6.19. The zero-order valence-corrected chi connectivity index (χ0v) is 11.1. The van der Waals surface area contributed by atoms with Gasteiger partial charge in [-0.3, -0.25) is 4.79 Å². The minimum Gasteiger partial charge on any atom is -0.508 e. The van der Waals surface area contributed by atoms with Crippen molar-refractivity contribution in [3.63, 3.8) is 0 Å². The van der Waals surface area contributed by atoms with Crippen molar-refractivity contribution in [2.75, 3.05) is 11.9 Å². The fourth-order valence-electron chi connectivity index (χ4n) is 1.68. The number of amides is 1. The Morgan fingerprint density at radius 3 is 2.62 bits per heavy atom. The highest BCUT2D eigenvalue weighted by Gasteiger charge is 2.09. The van der Waals surface area contributed by atoms with E-state index in [1.165, 1.54) is 42.5 Å². The number of halogens is 1. The normalized spacial score (nSPS) is 9.62. The maximum atomic E-state index is 13.2. The number of hydrogen-bond donors (Lipinski definition) is 3. The van der Waals surface area contributed by atoms with E-state index in [1.807, 2.05) is 0 Å². The van der Waals surface area contributed by atoms with Crippen LogP contribution in [0.15, 0.2) is 42.5 Å². The lowest BCUT2D eigenvalue weighted by atomic mass is 10.1. The molecular formula is C16H13FN2O2. The number of carbonyl (C=O) groups excluding carboxylic acids is 1. The summed E-state index contributed by atoms with van der Waals surface area (Å²) < 4.78 is 13.2. The van der Waals surface area contributed by atoms with E-state index >= 15 is 0 Å². The van der Waals surface area contributed by atoms with Gasteiger partial charge in [-0.15, -0.1) is 0 Å². The molecule has 0 spiro atoms. The minimum atomic E-state index is -0.445. The van der Waals surface area contributed by atoms with Crippen molar-refractivity contribution in [1.82, 2.24) is 0 Å². The van der Waals surface area contributed by atoms with Gasteiger partial charge in [0.2, 0.25) is 0 Å². The van der Waals surface area contributed by atoms with E-state index < -0.39 is 5.82 Å². The number of carbonyl (C=O) groups is 1. The van der Waals surface area contributed by atoms with Gasteiger partial charge in [0.25, 0.3) is 5.91 Å². The molecule has 2 aromatic rings. The van der Waals surface area contributed by atoms with Gasteiger partial charge in [0, 0.05) is 5.56 Å². The van der Waals surface area contributed by atoms with Gasteiger partial charge in [-0.05, 0) is 42.5 Å². The van der Waals surface area contributed by atoms with E-state index in [0.29, 0.717) is 16.8 Å². The molecule has 0 aliphatic carbocycles. The second-order valence-corrected chi connectivity index (χ2v) is 4.20. The Balaban J connectivity index is 2.26. The van der Waals surface area contributed by atoms with Crippen LogP contribution in [0.4, 0.5) is 10.1 Å². The predicted molar refractivity (Wildman–Crippen MR) is 78.4 cm³/mol. The Labute approximate surface area is 121 Å². The van der Waals surface area contributed by atoms with E-state index in [2.05, 4.69) is 17.2 Å². The lowest BCUT2D eigenvalue weighted by Gasteiger charge is -2.08. The topological polar surface area (TPSA) is 75.3 Å². The van der Waals surface area contributed by atoms with Crippen LogP contribution in [-0.2, 0) is 0 Å². The van der Waals surface area contributed by atoms with Crippen molar-refractivity contribution in [2.24, 2.45) is 5.73 Å². The zero-order chi connectivity index (χ0) is 15.2. The summed E-state index contributed by atoms with van der Waals surface area (Å²) in [5, 5.41) is 11.8. The molecule has 5 heteroatoms.